The first-order valence-corrected chi connectivity index (χ1v) is 7.63. The van der Waals surface area contributed by atoms with Gasteiger partial charge in [0.1, 0.15) is 17.8 Å². The number of nitrogens with one attached hydrogen (secondary N) is 3. The molecular weight excluding hydrogens is 320 g/mol. The van der Waals surface area contributed by atoms with Crippen LogP contribution in [0.2, 0.25) is 0 Å². The molecule has 0 radical (unpaired) electrons. The fraction of sp³-hybridized carbons (Fsp3) is 0.118. The number of aromatic nitrogens is 2. The Bertz CT molecular complexity index is 846. The van der Waals surface area contributed by atoms with Crippen LogP contribution in [0.4, 0.5) is 28.7 Å². The Labute approximate surface area is 144 Å². The van der Waals surface area contributed by atoms with Gasteiger partial charge in [-0.3, -0.25) is 4.79 Å². The number of hydrogen-bond donors (Lipinski definition) is 4. The third-order valence-electron chi connectivity index (χ3n) is 3.36. The second kappa shape index (κ2) is 7.35. The smallest absolute Gasteiger partial charge is 0.221 e. The highest BCUT2D eigenvalue weighted by Gasteiger charge is 2.09. The van der Waals surface area contributed by atoms with Gasteiger partial charge in [-0.15, -0.1) is 0 Å². The summed E-state index contributed by atoms with van der Waals surface area (Å²) in [5.41, 5.74) is 8.04. The zero-order valence-corrected chi connectivity index (χ0v) is 13.6. The number of hydrogen-bond acceptors (Lipinski definition) is 7. The maximum absolute atomic E-state index is 11.0. The number of carbonyl (C=O) groups excluding carboxylic acids is 1. The van der Waals surface area contributed by atoms with E-state index in [1.54, 1.807) is 18.4 Å². The molecule has 0 aliphatic heterocycles. The molecule has 0 spiro atoms. The molecule has 0 saturated heterocycles. The monoisotopic (exact) mass is 338 g/mol. The van der Waals surface area contributed by atoms with Crippen molar-refractivity contribution in [2.45, 2.75) is 13.5 Å². The van der Waals surface area contributed by atoms with Crippen molar-refractivity contribution in [3.05, 3.63) is 54.7 Å². The quantitative estimate of drug-likeness (QED) is 0.545. The van der Waals surface area contributed by atoms with Gasteiger partial charge in [-0.05, 0) is 36.4 Å². The lowest BCUT2D eigenvalue weighted by molar-refractivity contribution is -0.114. The summed E-state index contributed by atoms with van der Waals surface area (Å²) in [6, 6.07) is 10.9. The predicted octanol–water partition coefficient (Wildman–Crippen LogP) is 2.97. The van der Waals surface area contributed by atoms with E-state index in [-0.39, 0.29) is 5.91 Å². The number of rotatable bonds is 6. The summed E-state index contributed by atoms with van der Waals surface area (Å²) in [7, 11) is 0. The van der Waals surface area contributed by atoms with Gasteiger partial charge in [0.15, 0.2) is 11.6 Å². The summed E-state index contributed by atoms with van der Waals surface area (Å²) >= 11 is 0. The second-order valence-corrected chi connectivity index (χ2v) is 5.30. The van der Waals surface area contributed by atoms with Crippen molar-refractivity contribution in [1.29, 1.82) is 0 Å². The summed E-state index contributed by atoms with van der Waals surface area (Å²) < 4.78 is 5.27. The van der Waals surface area contributed by atoms with E-state index in [1.165, 1.54) is 13.3 Å². The predicted molar refractivity (Wildman–Crippen MR) is 96.5 cm³/mol. The van der Waals surface area contributed by atoms with Gasteiger partial charge < -0.3 is 26.1 Å². The fourth-order valence-corrected chi connectivity index (χ4v) is 2.20. The van der Waals surface area contributed by atoms with Gasteiger partial charge >= 0.3 is 0 Å². The van der Waals surface area contributed by atoms with Crippen LogP contribution in [0, 0.1) is 0 Å². The highest BCUT2D eigenvalue weighted by atomic mass is 16.3. The van der Waals surface area contributed by atoms with Gasteiger partial charge in [-0.2, -0.15) is 0 Å². The molecule has 0 atom stereocenters. The van der Waals surface area contributed by atoms with Gasteiger partial charge in [0.25, 0.3) is 0 Å². The van der Waals surface area contributed by atoms with E-state index in [0.717, 1.165) is 17.1 Å². The number of carbonyl (C=O) groups is 1. The summed E-state index contributed by atoms with van der Waals surface area (Å²) in [6.45, 7) is 1.93. The van der Waals surface area contributed by atoms with E-state index >= 15 is 0 Å². The van der Waals surface area contributed by atoms with Crippen LogP contribution in [-0.2, 0) is 11.3 Å². The lowest BCUT2D eigenvalue weighted by Crippen LogP contribution is -2.08. The fourth-order valence-electron chi connectivity index (χ4n) is 2.20. The average Bonchev–Trinajstić information content (AvgIpc) is 3.10. The van der Waals surface area contributed by atoms with E-state index in [4.69, 9.17) is 10.2 Å². The molecule has 128 valence electrons. The molecule has 8 nitrogen and oxygen atoms in total. The summed E-state index contributed by atoms with van der Waals surface area (Å²) in [5, 5.41) is 8.96. The Kier molecular flexibility index (Phi) is 4.79. The molecule has 8 heteroatoms. The molecule has 0 bridgehead atoms. The maximum atomic E-state index is 11.0. The van der Waals surface area contributed by atoms with Crippen LogP contribution in [0.3, 0.4) is 0 Å². The van der Waals surface area contributed by atoms with E-state index < -0.39 is 0 Å². The van der Waals surface area contributed by atoms with Gasteiger partial charge in [-0.1, -0.05) is 0 Å². The van der Waals surface area contributed by atoms with Crippen molar-refractivity contribution >= 4 is 34.6 Å². The van der Waals surface area contributed by atoms with Gasteiger partial charge in [0, 0.05) is 18.3 Å². The Morgan fingerprint density at radius 3 is 2.52 bits per heavy atom. The molecule has 1 aromatic carbocycles. The number of amides is 1. The first kappa shape index (κ1) is 16.3. The van der Waals surface area contributed by atoms with E-state index in [9.17, 15) is 4.79 Å². The van der Waals surface area contributed by atoms with Crippen LogP contribution in [0.1, 0.15) is 12.7 Å². The number of nitrogens with zero attached hydrogens (tertiary/aromatic N) is 2. The molecule has 0 aliphatic carbocycles. The SMILES string of the molecule is CC(=O)Nc1ccc(Nc2ncnc(NCc3ccco3)c2N)cc1. The summed E-state index contributed by atoms with van der Waals surface area (Å²) in [6.07, 6.45) is 3.03. The lowest BCUT2D eigenvalue weighted by Gasteiger charge is -2.12. The molecule has 0 aliphatic rings. The molecule has 5 N–H and O–H groups in total. The topological polar surface area (TPSA) is 118 Å². The third-order valence-corrected chi connectivity index (χ3v) is 3.36. The molecular formula is C17H18N6O2. The second-order valence-electron chi connectivity index (χ2n) is 5.30. The minimum Gasteiger partial charge on any atom is -0.467 e. The van der Waals surface area contributed by atoms with Crippen LogP contribution in [0.15, 0.2) is 53.4 Å². The van der Waals surface area contributed by atoms with Gasteiger partial charge in [0.05, 0.1) is 12.8 Å². The van der Waals surface area contributed by atoms with Crippen molar-refractivity contribution in [3.63, 3.8) is 0 Å². The first-order chi connectivity index (χ1) is 12.1. The van der Waals surface area contributed by atoms with Crippen LogP contribution in [0.5, 0.6) is 0 Å². The highest BCUT2D eigenvalue weighted by Crippen LogP contribution is 2.26. The summed E-state index contributed by atoms with van der Waals surface area (Å²) in [4.78, 5) is 19.4. The molecule has 1 amide bonds. The number of benzene rings is 1. The number of nitrogen functional groups attached to an aromatic ring is 1. The number of furan rings is 1. The van der Waals surface area contributed by atoms with Crippen LogP contribution >= 0.6 is 0 Å². The molecule has 0 fully saturated rings. The molecule has 0 unspecified atom stereocenters. The first-order valence-electron chi connectivity index (χ1n) is 7.63. The van der Waals surface area contributed by atoms with Gasteiger partial charge in [-0.25, -0.2) is 9.97 Å². The maximum Gasteiger partial charge on any atom is 0.221 e. The van der Waals surface area contributed by atoms with E-state index in [1.807, 2.05) is 24.3 Å². The Morgan fingerprint density at radius 2 is 1.84 bits per heavy atom. The molecule has 0 saturated carbocycles. The van der Waals surface area contributed by atoms with Crippen molar-refractivity contribution in [2.75, 3.05) is 21.7 Å². The minimum atomic E-state index is -0.118. The minimum absolute atomic E-state index is 0.118. The zero-order valence-electron chi connectivity index (χ0n) is 13.6. The standard InChI is InChI=1S/C17H18N6O2/c1-11(24)22-12-4-6-13(7-5-12)23-17-15(18)16(20-10-21-17)19-9-14-3-2-8-25-14/h2-8,10H,9,18H2,1H3,(H,22,24)(H2,19,20,21,23). The van der Waals surface area contributed by atoms with Crippen LogP contribution in [0.25, 0.3) is 0 Å². The van der Waals surface area contributed by atoms with E-state index in [2.05, 4.69) is 25.9 Å². The Hall–Kier alpha value is -3.55. The zero-order chi connectivity index (χ0) is 17.6. The molecule has 25 heavy (non-hydrogen) atoms. The largest absolute Gasteiger partial charge is 0.467 e. The lowest BCUT2D eigenvalue weighted by atomic mass is 10.2. The van der Waals surface area contributed by atoms with Crippen molar-refractivity contribution in [3.8, 4) is 0 Å². The Morgan fingerprint density at radius 1 is 1.12 bits per heavy atom. The van der Waals surface area contributed by atoms with Crippen molar-refractivity contribution in [1.82, 2.24) is 9.97 Å². The molecule has 3 aromatic rings. The molecule has 2 aromatic heterocycles. The normalized spacial score (nSPS) is 10.3. The number of nitrogens with two attached hydrogens (primary N) is 1. The van der Waals surface area contributed by atoms with Gasteiger partial charge in [0.2, 0.25) is 5.91 Å². The third kappa shape index (κ3) is 4.25. The molecule has 2 heterocycles. The van der Waals surface area contributed by atoms with Crippen molar-refractivity contribution < 1.29 is 9.21 Å². The average molecular weight is 338 g/mol. The highest BCUT2D eigenvalue weighted by molar-refractivity contribution is 5.89. The summed E-state index contributed by atoms with van der Waals surface area (Å²) in [5.74, 6) is 1.67. The number of anilines is 5. The van der Waals surface area contributed by atoms with Crippen molar-refractivity contribution in [2.24, 2.45) is 0 Å². The van der Waals surface area contributed by atoms with Crippen LogP contribution in [-0.4, -0.2) is 15.9 Å². The van der Waals surface area contributed by atoms with E-state index in [0.29, 0.717) is 23.9 Å². The molecule has 3 rings (SSSR count). The van der Waals surface area contributed by atoms with Crippen LogP contribution < -0.4 is 21.7 Å². The Balaban J connectivity index is 1.69.